The average Bonchev–Trinajstić information content (AvgIpc) is 3.02. The molecule has 4 rings (SSSR count). The fraction of sp³-hybridized carbons (Fsp3) is 0.929. The third-order valence-electron chi connectivity index (χ3n) is 11.1. The predicted molar refractivity (Wildman–Crippen MR) is 128 cm³/mol. The predicted octanol–water partition coefficient (Wildman–Crippen LogP) is 4.69. The summed E-state index contributed by atoms with van der Waals surface area (Å²) >= 11 is 0. The van der Waals surface area contributed by atoms with E-state index >= 15 is 0 Å². The quantitative estimate of drug-likeness (QED) is 0.460. The molecule has 3 saturated carbocycles. The van der Waals surface area contributed by atoms with Crippen LogP contribution < -0.4 is 0 Å². The van der Waals surface area contributed by atoms with Crippen molar-refractivity contribution in [3.05, 3.63) is 11.6 Å². The fourth-order valence-electron chi connectivity index (χ4n) is 8.86. The summed E-state index contributed by atoms with van der Waals surface area (Å²) in [5, 5.41) is 43.3. The fourth-order valence-corrected chi connectivity index (χ4v) is 8.86. The lowest BCUT2D eigenvalue weighted by Gasteiger charge is -2.61. The van der Waals surface area contributed by atoms with E-state index in [1.165, 1.54) is 18.4 Å². The van der Waals surface area contributed by atoms with Crippen LogP contribution in [0.15, 0.2) is 11.6 Å². The van der Waals surface area contributed by atoms with E-state index < -0.39 is 29.3 Å². The summed E-state index contributed by atoms with van der Waals surface area (Å²) in [6.07, 6.45) is 8.35. The van der Waals surface area contributed by atoms with Crippen LogP contribution >= 0.6 is 0 Å². The molecule has 4 aliphatic carbocycles. The van der Waals surface area contributed by atoms with Crippen molar-refractivity contribution in [3.8, 4) is 0 Å². The molecule has 0 amide bonds. The van der Waals surface area contributed by atoms with Crippen molar-refractivity contribution in [3.63, 3.8) is 0 Å². The molecule has 0 spiro atoms. The summed E-state index contributed by atoms with van der Waals surface area (Å²) in [5.41, 5.74) is 0.274. The second-order valence-electron chi connectivity index (χ2n) is 13.2. The Balaban J connectivity index is 1.55. The highest BCUT2D eigenvalue weighted by molar-refractivity contribution is 5.28. The first-order chi connectivity index (χ1) is 14.8. The van der Waals surface area contributed by atoms with Gasteiger partial charge in [-0.15, -0.1) is 0 Å². The second kappa shape index (κ2) is 8.36. The summed E-state index contributed by atoms with van der Waals surface area (Å²) in [6, 6.07) is 0. The molecule has 0 unspecified atom stereocenters. The molecule has 4 N–H and O–H groups in total. The summed E-state index contributed by atoms with van der Waals surface area (Å²) in [6.45, 7) is 13.0. The molecule has 3 fully saturated rings. The van der Waals surface area contributed by atoms with Gasteiger partial charge in [-0.1, -0.05) is 45.8 Å². The minimum absolute atomic E-state index is 0.0901. The van der Waals surface area contributed by atoms with E-state index in [1.807, 2.05) is 13.8 Å². The van der Waals surface area contributed by atoms with Gasteiger partial charge in [0.25, 0.3) is 0 Å². The van der Waals surface area contributed by atoms with Gasteiger partial charge >= 0.3 is 0 Å². The Hall–Kier alpha value is -0.420. The maximum Gasteiger partial charge on any atom is 0.0659 e. The van der Waals surface area contributed by atoms with Crippen LogP contribution in [0.3, 0.4) is 0 Å². The number of aliphatic hydroxyl groups excluding tert-OH is 3. The Morgan fingerprint density at radius 1 is 1.09 bits per heavy atom. The Bertz CT molecular complexity index is 725. The maximum absolute atomic E-state index is 11.6. The molecule has 11 atom stereocenters. The van der Waals surface area contributed by atoms with E-state index in [2.05, 4.69) is 33.8 Å². The molecular weight excluding hydrogens is 400 g/mol. The van der Waals surface area contributed by atoms with Crippen molar-refractivity contribution in [2.75, 3.05) is 0 Å². The van der Waals surface area contributed by atoms with Gasteiger partial charge in [0.2, 0.25) is 0 Å². The Kier molecular flexibility index (Phi) is 6.45. The molecule has 0 heterocycles. The van der Waals surface area contributed by atoms with E-state index in [9.17, 15) is 20.4 Å². The van der Waals surface area contributed by atoms with Crippen LogP contribution in [-0.2, 0) is 0 Å². The van der Waals surface area contributed by atoms with E-state index in [0.717, 1.165) is 25.7 Å². The van der Waals surface area contributed by atoms with Gasteiger partial charge in [0.15, 0.2) is 0 Å². The lowest BCUT2D eigenvalue weighted by molar-refractivity contribution is -0.159. The lowest BCUT2D eigenvalue weighted by atomic mass is 9.45. The molecule has 0 saturated heterocycles. The second-order valence-corrected chi connectivity index (χ2v) is 13.2. The van der Waals surface area contributed by atoms with Gasteiger partial charge in [0, 0.05) is 11.8 Å². The highest BCUT2D eigenvalue weighted by Crippen LogP contribution is 2.67. The van der Waals surface area contributed by atoms with Gasteiger partial charge in [0.05, 0.1) is 23.9 Å². The maximum atomic E-state index is 11.6. The van der Waals surface area contributed by atoms with Crippen molar-refractivity contribution in [1.29, 1.82) is 0 Å². The summed E-state index contributed by atoms with van der Waals surface area (Å²) in [7, 11) is 0. The third kappa shape index (κ3) is 3.82. The first-order valence-electron chi connectivity index (χ1n) is 13.3. The molecule has 0 radical (unpaired) electrons. The van der Waals surface area contributed by atoms with E-state index in [-0.39, 0.29) is 17.3 Å². The average molecular weight is 449 g/mol. The zero-order valence-corrected chi connectivity index (χ0v) is 21.2. The standard InChI is InChI=1S/C28H48O4/c1-16(7-8-17(2)26(3,4)32)21-11-12-22-20-10-9-18-13-19(29)14-24(31)28(18,6)25(20)23(30)15-27(21,22)5/h9,16-17,19-25,29-32H,7-8,10-15H2,1-6H3/t16-,17+,19-,20+,21-,22+,23-,24+,25-,27-,28-/m1/s1. The monoisotopic (exact) mass is 448 g/mol. The molecule has 0 aromatic carbocycles. The van der Waals surface area contributed by atoms with Crippen LogP contribution in [0.1, 0.15) is 92.9 Å². The summed E-state index contributed by atoms with van der Waals surface area (Å²) in [5.74, 6) is 2.56. The van der Waals surface area contributed by atoms with E-state index in [0.29, 0.717) is 36.5 Å². The lowest BCUT2D eigenvalue weighted by Crippen LogP contribution is -2.60. The van der Waals surface area contributed by atoms with Crippen LogP contribution in [0, 0.1) is 46.3 Å². The normalized spacial score (nSPS) is 48.3. The van der Waals surface area contributed by atoms with E-state index in [1.54, 1.807) is 0 Å². The highest BCUT2D eigenvalue weighted by atomic mass is 16.3. The number of aliphatic hydroxyl groups is 4. The van der Waals surface area contributed by atoms with Crippen LogP contribution in [0.2, 0.25) is 0 Å². The van der Waals surface area contributed by atoms with Crippen LogP contribution in [-0.4, -0.2) is 44.3 Å². The molecule has 0 aromatic rings. The minimum atomic E-state index is -0.633. The van der Waals surface area contributed by atoms with Gasteiger partial charge in [-0.3, -0.25) is 0 Å². The zero-order chi connectivity index (χ0) is 23.6. The van der Waals surface area contributed by atoms with Gasteiger partial charge in [0.1, 0.15) is 0 Å². The minimum Gasteiger partial charge on any atom is -0.393 e. The number of fused-ring (bicyclic) bond motifs is 5. The Morgan fingerprint density at radius 3 is 2.44 bits per heavy atom. The number of hydrogen-bond donors (Lipinski definition) is 4. The van der Waals surface area contributed by atoms with Crippen molar-refractivity contribution < 1.29 is 20.4 Å². The molecule has 0 aliphatic heterocycles. The summed E-state index contributed by atoms with van der Waals surface area (Å²) < 4.78 is 0. The molecular formula is C28H48O4. The molecule has 4 nitrogen and oxygen atoms in total. The van der Waals surface area contributed by atoms with Crippen LogP contribution in [0.25, 0.3) is 0 Å². The van der Waals surface area contributed by atoms with E-state index in [4.69, 9.17) is 0 Å². The third-order valence-corrected chi connectivity index (χ3v) is 11.1. The Labute approximate surface area is 195 Å². The first-order valence-corrected chi connectivity index (χ1v) is 13.3. The van der Waals surface area contributed by atoms with Crippen molar-refractivity contribution in [2.24, 2.45) is 46.3 Å². The van der Waals surface area contributed by atoms with Crippen molar-refractivity contribution in [1.82, 2.24) is 0 Å². The van der Waals surface area contributed by atoms with Crippen LogP contribution in [0.5, 0.6) is 0 Å². The molecule has 0 bridgehead atoms. The molecule has 0 aromatic heterocycles. The molecule has 4 heteroatoms. The summed E-state index contributed by atoms with van der Waals surface area (Å²) in [4.78, 5) is 0. The van der Waals surface area contributed by atoms with Crippen molar-refractivity contribution >= 4 is 0 Å². The topological polar surface area (TPSA) is 80.9 Å². The highest BCUT2D eigenvalue weighted by Gasteiger charge is 2.63. The smallest absolute Gasteiger partial charge is 0.0659 e. The van der Waals surface area contributed by atoms with Gasteiger partial charge in [-0.25, -0.2) is 0 Å². The zero-order valence-electron chi connectivity index (χ0n) is 21.2. The molecule has 184 valence electrons. The SMILES string of the molecule is C[C@H](CC[C@H](C)C(C)(C)O)[C@H]1CC[C@H]2[C@@H]3CC=C4C[C@@H](O)C[C@H](O)[C@]4(C)[C@H]3[C@H](O)C[C@]12C. The Morgan fingerprint density at radius 2 is 1.78 bits per heavy atom. The molecule has 4 aliphatic rings. The van der Waals surface area contributed by atoms with Gasteiger partial charge < -0.3 is 20.4 Å². The van der Waals surface area contributed by atoms with Crippen molar-refractivity contribution in [2.45, 2.75) is 117 Å². The molecule has 32 heavy (non-hydrogen) atoms. The largest absolute Gasteiger partial charge is 0.393 e. The first kappa shape index (κ1) is 24.7. The van der Waals surface area contributed by atoms with Gasteiger partial charge in [-0.2, -0.15) is 0 Å². The van der Waals surface area contributed by atoms with Crippen LogP contribution in [0.4, 0.5) is 0 Å². The number of hydrogen-bond acceptors (Lipinski definition) is 4. The number of allylic oxidation sites excluding steroid dienone is 1. The van der Waals surface area contributed by atoms with Gasteiger partial charge in [-0.05, 0) is 93.3 Å². The number of rotatable bonds is 5.